The maximum atomic E-state index is 13.0. The van der Waals surface area contributed by atoms with Gasteiger partial charge in [-0.3, -0.25) is 4.79 Å². The Morgan fingerprint density at radius 1 is 1.04 bits per heavy atom. The van der Waals surface area contributed by atoms with Crippen LogP contribution >= 0.6 is 0 Å². The van der Waals surface area contributed by atoms with Gasteiger partial charge in [0.1, 0.15) is 12.0 Å². The number of hydrogen-bond acceptors (Lipinski definition) is 4. The van der Waals surface area contributed by atoms with E-state index in [4.69, 9.17) is 0 Å². The van der Waals surface area contributed by atoms with Crippen molar-refractivity contribution in [2.24, 2.45) is 0 Å². The molecule has 2 heterocycles. The van der Waals surface area contributed by atoms with E-state index in [2.05, 4.69) is 46.1 Å². The van der Waals surface area contributed by atoms with Crippen molar-refractivity contribution in [2.75, 3.05) is 31.1 Å². The van der Waals surface area contributed by atoms with Crippen LogP contribution in [0.25, 0.3) is 0 Å². The fraction of sp³-hybridized carbons (Fsp3) is 0.450. The van der Waals surface area contributed by atoms with E-state index in [1.54, 1.807) is 6.33 Å². The van der Waals surface area contributed by atoms with E-state index < -0.39 is 0 Å². The fourth-order valence-electron chi connectivity index (χ4n) is 3.85. The van der Waals surface area contributed by atoms with Gasteiger partial charge in [0.05, 0.1) is 0 Å². The fourth-order valence-corrected chi connectivity index (χ4v) is 3.85. The van der Waals surface area contributed by atoms with Crippen LogP contribution in [0.5, 0.6) is 0 Å². The third kappa shape index (κ3) is 3.23. The molecule has 130 valence electrons. The summed E-state index contributed by atoms with van der Waals surface area (Å²) in [4.78, 5) is 26.0. The van der Waals surface area contributed by atoms with Crippen molar-refractivity contribution in [2.45, 2.75) is 32.6 Å². The summed E-state index contributed by atoms with van der Waals surface area (Å²) in [5, 5.41) is 0. The lowest BCUT2D eigenvalue weighted by Crippen LogP contribution is -2.49. The summed E-state index contributed by atoms with van der Waals surface area (Å²) in [6.07, 6.45) is 5.74. The predicted molar refractivity (Wildman–Crippen MR) is 98.0 cm³/mol. The molecule has 1 aliphatic carbocycles. The van der Waals surface area contributed by atoms with E-state index in [-0.39, 0.29) is 5.91 Å². The molecule has 0 atom stereocenters. The van der Waals surface area contributed by atoms with Gasteiger partial charge >= 0.3 is 0 Å². The average Bonchev–Trinajstić information content (AvgIpc) is 2.67. The molecular formula is C20H24N4O. The highest BCUT2D eigenvalue weighted by Crippen LogP contribution is 2.23. The number of carbonyl (C=O) groups is 1. The Hall–Kier alpha value is -2.43. The minimum Gasteiger partial charge on any atom is -0.368 e. The van der Waals surface area contributed by atoms with Crippen LogP contribution < -0.4 is 4.90 Å². The van der Waals surface area contributed by atoms with Crippen LogP contribution in [0.1, 0.15) is 40.2 Å². The number of fused-ring (bicyclic) bond motifs is 1. The molecule has 5 heteroatoms. The minimum absolute atomic E-state index is 0.0736. The van der Waals surface area contributed by atoms with E-state index in [9.17, 15) is 4.79 Å². The largest absolute Gasteiger partial charge is 0.368 e. The van der Waals surface area contributed by atoms with Crippen molar-refractivity contribution in [3.8, 4) is 0 Å². The zero-order chi connectivity index (χ0) is 17.2. The molecule has 2 aromatic rings. The molecule has 0 unspecified atom stereocenters. The molecule has 25 heavy (non-hydrogen) atoms. The zero-order valence-corrected chi connectivity index (χ0v) is 14.7. The highest BCUT2D eigenvalue weighted by Gasteiger charge is 2.27. The molecule has 1 aliphatic heterocycles. The number of anilines is 1. The molecule has 0 saturated carbocycles. The van der Waals surface area contributed by atoms with Crippen LogP contribution in [0, 0.1) is 6.92 Å². The summed E-state index contributed by atoms with van der Waals surface area (Å²) in [5.74, 6) is 0.0736. The first-order chi connectivity index (χ1) is 12.2. The molecule has 1 aromatic carbocycles. The predicted octanol–water partition coefficient (Wildman–Crippen LogP) is 2.63. The number of amides is 1. The first-order valence-electron chi connectivity index (χ1n) is 9.16. The number of rotatable bonds is 2. The van der Waals surface area contributed by atoms with Crippen molar-refractivity contribution in [1.82, 2.24) is 14.9 Å². The Morgan fingerprint density at radius 2 is 1.84 bits per heavy atom. The summed E-state index contributed by atoms with van der Waals surface area (Å²) in [5.41, 5.74) is 5.30. The van der Waals surface area contributed by atoms with Gasteiger partial charge in [-0.25, -0.2) is 9.97 Å². The van der Waals surface area contributed by atoms with Gasteiger partial charge in [-0.1, -0.05) is 12.1 Å². The van der Waals surface area contributed by atoms with Gasteiger partial charge in [-0.2, -0.15) is 0 Å². The van der Waals surface area contributed by atoms with E-state index in [1.807, 2.05) is 4.90 Å². The maximum absolute atomic E-state index is 13.0. The highest BCUT2D eigenvalue weighted by atomic mass is 16.2. The quantitative estimate of drug-likeness (QED) is 0.846. The Labute approximate surface area is 148 Å². The summed E-state index contributed by atoms with van der Waals surface area (Å²) < 4.78 is 0. The smallest absolute Gasteiger partial charge is 0.272 e. The summed E-state index contributed by atoms with van der Waals surface area (Å²) in [7, 11) is 0. The van der Waals surface area contributed by atoms with E-state index in [0.29, 0.717) is 5.69 Å². The Kier molecular flexibility index (Phi) is 4.38. The molecule has 1 aromatic heterocycles. The second kappa shape index (κ2) is 6.82. The number of hydrogen-bond donors (Lipinski definition) is 0. The third-order valence-corrected chi connectivity index (χ3v) is 5.26. The van der Waals surface area contributed by atoms with Crippen molar-refractivity contribution in [1.29, 1.82) is 0 Å². The number of benzene rings is 1. The van der Waals surface area contributed by atoms with E-state index in [1.165, 1.54) is 11.3 Å². The number of nitrogens with zero attached hydrogens (tertiary/aromatic N) is 4. The van der Waals surface area contributed by atoms with Gasteiger partial charge in [0.2, 0.25) is 0 Å². The van der Waals surface area contributed by atoms with Gasteiger partial charge in [0.15, 0.2) is 0 Å². The Bertz CT molecular complexity index is 781. The second-order valence-electron chi connectivity index (χ2n) is 6.97. The van der Waals surface area contributed by atoms with Crippen LogP contribution in [-0.2, 0) is 12.8 Å². The normalized spacial score (nSPS) is 17.3. The van der Waals surface area contributed by atoms with Crippen LogP contribution in [0.4, 0.5) is 5.69 Å². The Morgan fingerprint density at radius 3 is 2.64 bits per heavy atom. The second-order valence-corrected chi connectivity index (χ2v) is 6.97. The van der Waals surface area contributed by atoms with Crippen LogP contribution in [0.15, 0.2) is 30.6 Å². The Balaban J connectivity index is 1.47. The summed E-state index contributed by atoms with van der Waals surface area (Å²) in [6, 6.07) is 8.56. The van der Waals surface area contributed by atoms with Gasteiger partial charge in [0.25, 0.3) is 5.91 Å². The number of piperazine rings is 1. The molecule has 0 bridgehead atoms. The lowest BCUT2D eigenvalue weighted by molar-refractivity contribution is 0.0739. The monoisotopic (exact) mass is 336 g/mol. The molecule has 0 spiro atoms. The minimum atomic E-state index is 0.0736. The molecule has 5 nitrogen and oxygen atoms in total. The van der Waals surface area contributed by atoms with Gasteiger partial charge in [-0.15, -0.1) is 0 Å². The SMILES string of the molecule is Cc1cccc(N2CCN(C(=O)c3ncnc4c3CCCC4)CC2)c1. The average molecular weight is 336 g/mol. The van der Waals surface area contributed by atoms with E-state index in [0.717, 1.165) is 63.1 Å². The van der Waals surface area contributed by atoms with Gasteiger partial charge in [0, 0.05) is 43.1 Å². The zero-order valence-electron chi connectivity index (χ0n) is 14.7. The number of aromatic nitrogens is 2. The molecular weight excluding hydrogens is 312 g/mol. The number of aryl methyl sites for hydroxylation is 2. The van der Waals surface area contributed by atoms with Crippen LogP contribution in [0.2, 0.25) is 0 Å². The van der Waals surface area contributed by atoms with Gasteiger partial charge < -0.3 is 9.80 Å². The topological polar surface area (TPSA) is 49.3 Å². The lowest BCUT2D eigenvalue weighted by atomic mass is 9.94. The van der Waals surface area contributed by atoms with Crippen molar-refractivity contribution >= 4 is 11.6 Å². The molecule has 2 aliphatic rings. The maximum Gasteiger partial charge on any atom is 0.272 e. The molecule has 0 N–H and O–H groups in total. The van der Waals surface area contributed by atoms with Crippen LogP contribution in [-0.4, -0.2) is 47.0 Å². The molecule has 1 saturated heterocycles. The molecule has 1 fully saturated rings. The van der Waals surface area contributed by atoms with Crippen molar-refractivity contribution < 1.29 is 4.79 Å². The first kappa shape index (κ1) is 16.1. The van der Waals surface area contributed by atoms with Crippen molar-refractivity contribution in [3.05, 3.63) is 53.1 Å². The molecule has 0 radical (unpaired) electrons. The number of carbonyl (C=O) groups excluding carboxylic acids is 1. The lowest BCUT2D eigenvalue weighted by Gasteiger charge is -2.36. The molecule has 4 rings (SSSR count). The summed E-state index contributed by atoms with van der Waals surface area (Å²) >= 11 is 0. The third-order valence-electron chi connectivity index (χ3n) is 5.26. The van der Waals surface area contributed by atoms with Gasteiger partial charge in [-0.05, 0) is 50.3 Å². The van der Waals surface area contributed by atoms with E-state index >= 15 is 0 Å². The van der Waals surface area contributed by atoms with Crippen LogP contribution in [0.3, 0.4) is 0 Å². The highest BCUT2D eigenvalue weighted by molar-refractivity contribution is 5.94. The summed E-state index contributed by atoms with van der Waals surface area (Å²) in [6.45, 7) is 5.32. The molecule has 1 amide bonds. The first-order valence-corrected chi connectivity index (χ1v) is 9.16. The van der Waals surface area contributed by atoms with Crippen molar-refractivity contribution in [3.63, 3.8) is 0 Å². The standard InChI is InChI=1S/C20H24N4O/c1-15-5-4-6-16(13-15)23-9-11-24(12-10-23)20(25)19-17-7-2-3-8-18(17)21-14-22-19/h4-6,13-14H,2-3,7-12H2,1H3.